The van der Waals surface area contributed by atoms with Crippen LogP contribution in [0.2, 0.25) is 0 Å². The highest BCUT2D eigenvalue weighted by Crippen LogP contribution is 2.36. The Morgan fingerprint density at radius 3 is 2.33 bits per heavy atom. The highest BCUT2D eigenvalue weighted by atomic mass is 32.2. The van der Waals surface area contributed by atoms with E-state index in [0.717, 1.165) is 27.4 Å². The number of hydrogen-bond donors (Lipinski definition) is 1. The Kier molecular flexibility index (Phi) is 10.1. The number of benzene rings is 3. The minimum absolute atomic E-state index is 0.0367. The van der Waals surface area contributed by atoms with Crippen LogP contribution in [0.4, 0.5) is 5.69 Å². The van der Waals surface area contributed by atoms with Crippen molar-refractivity contribution >= 4 is 27.5 Å². The van der Waals surface area contributed by atoms with Crippen molar-refractivity contribution in [1.82, 2.24) is 10.2 Å². The van der Waals surface area contributed by atoms with Crippen molar-refractivity contribution < 1.29 is 27.5 Å². The highest BCUT2D eigenvalue weighted by molar-refractivity contribution is 7.92. The predicted molar refractivity (Wildman–Crippen MR) is 163 cm³/mol. The minimum Gasteiger partial charge on any atom is -0.454 e. The molecule has 3 aromatic rings. The van der Waals surface area contributed by atoms with Gasteiger partial charge in [0.1, 0.15) is 12.6 Å². The zero-order valence-corrected chi connectivity index (χ0v) is 25.4. The van der Waals surface area contributed by atoms with Gasteiger partial charge < -0.3 is 19.7 Å². The van der Waals surface area contributed by atoms with Gasteiger partial charge in [0.05, 0.1) is 11.4 Å². The number of nitrogens with zero attached hydrogens (tertiary/aromatic N) is 2. The molecule has 3 aromatic carbocycles. The second kappa shape index (κ2) is 13.7. The molecule has 0 spiro atoms. The monoisotopic (exact) mass is 593 g/mol. The molecule has 0 saturated heterocycles. The van der Waals surface area contributed by atoms with Crippen LogP contribution in [0.15, 0.2) is 72.8 Å². The van der Waals surface area contributed by atoms with Crippen molar-refractivity contribution in [3.05, 3.63) is 89.5 Å². The van der Waals surface area contributed by atoms with E-state index in [1.807, 2.05) is 75.4 Å². The Labute approximate surface area is 248 Å². The molecule has 0 fully saturated rings. The summed E-state index contributed by atoms with van der Waals surface area (Å²) in [5.74, 6) is -0.0878. The number of fused-ring (bicyclic) bond motifs is 1. The lowest BCUT2D eigenvalue weighted by molar-refractivity contribution is -0.140. The first kappa shape index (κ1) is 30.9. The zero-order chi connectivity index (χ0) is 30.3. The fourth-order valence-corrected chi connectivity index (χ4v) is 5.82. The number of anilines is 1. The molecule has 0 unspecified atom stereocenters. The highest BCUT2D eigenvalue weighted by Gasteiger charge is 2.34. The lowest BCUT2D eigenvalue weighted by Crippen LogP contribution is -2.54. The van der Waals surface area contributed by atoms with E-state index in [0.29, 0.717) is 11.5 Å². The van der Waals surface area contributed by atoms with Crippen LogP contribution >= 0.6 is 0 Å². The fourth-order valence-electron chi connectivity index (χ4n) is 4.76. The lowest BCUT2D eigenvalue weighted by Gasteiger charge is -2.34. The molecule has 2 atom stereocenters. The Balaban J connectivity index is 1.75. The smallest absolute Gasteiger partial charge is 0.244 e. The van der Waals surface area contributed by atoms with Crippen molar-refractivity contribution in [1.29, 1.82) is 0 Å². The second-order valence-corrected chi connectivity index (χ2v) is 12.7. The molecular weight excluding hydrogens is 554 g/mol. The summed E-state index contributed by atoms with van der Waals surface area (Å²) in [6, 6.07) is 21.0. The van der Waals surface area contributed by atoms with Crippen molar-refractivity contribution in [3.63, 3.8) is 0 Å². The number of sulfonamides is 1. The molecule has 0 saturated carbocycles. The van der Waals surface area contributed by atoms with Crippen LogP contribution in [0.25, 0.3) is 0 Å². The number of rotatable bonds is 13. The van der Waals surface area contributed by atoms with Crippen LogP contribution in [-0.2, 0) is 32.6 Å². The van der Waals surface area contributed by atoms with Crippen molar-refractivity contribution in [2.24, 2.45) is 0 Å². The van der Waals surface area contributed by atoms with E-state index < -0.39 is 28.5 Å². The van der Waals surface area contributed by atoms with E-state index >= 15 is 0 Å². The van der Waals surface area contributed by atoms with E-state index in [-0.39, 0.29) is 43.1 Å². The van der Waals surface area contributed by atoms with Crippen LogP contribution in [0.5, 0.6) is 11.5 Å². The normalized spacial score (nSPS) is 13.7. The molecule has 1 N–H and O–H groups in total. The van der Waals surface area contributed by atoms with Gasteiger partial charge in [0.15, 0.2) is 11.5 Å². The van der Waals surface area contributed by atoms with Crippen molar-refractivity contribution in [2.75, 3.05) is 23.4 Å². The maximum atomic E-state index is 14.3. The summed E-state index contributed by atoms with van der Waals surface area (Å²) in [5.41, 5.74) is 3.02. The van der Waals surface area contributed by atoms with E-state index in [4.69, 9.17) is 9.47 Å². The molecule has 0 radical (unpaired) electrons. The molecule has 224 valence electrons. The lowest BCUT2D eigenvalue weighted by atomic mass is 10.0. The SMILES string of the molecule is CC[C@H](C)NC(=O)[C@H](Cc1ccccc1)N(Cc1cccc(C)c1)C(=O)CN(c1ccc2c(c1)OCO2)S(=O)(=O)CC. The van der Waals surface area contributed by atoms with Gasteiger partial charge in [0.2, 0.25) is 28.6 Å². The van der Waals surface area contributed by atoms with Crippen molar-refractivity contribution in [3.8, 4) is 11.5 Å². The molecule has 1 heterocycles. The summed E-state index contributed by atoms with van der Waals surface area (Å²) in [5, 5.41) is 3.04. The summed E-state index contributed by atoms with van der Waals surface area (Å²) >= 11 is 0. The number of nitrogens with one attached hydrogen (secondary N) is 1. The third-order valence-corrected chi connectivity index (χ3v) is 9.07. The molecule has 1 aliphatic rings. The molecule has 4 rings (SSSR count). The zero-order valence-electron chi connectivity index (χ0n) is 24.6. The quantitative estimate of drug-likeness (QED) is 0.314. The Bertz CT molecular complexity index is 1500. The Hall–Kier alpha value is -4.05. The Morgan fingerprint density at radius 1 is 0.929 bits per heavy atom. The molecule has 1 aliphatic heterocycles. The largest absolute Gasteiger partial charge is 0.454 e. The maximum Gasteiger partial charge on any atom is 0.244 e. The minimum atomic E-state index is -3.88. The third kappa shape index (κ3) is 7.61. The summed E-state index contributed by atoms with van der Waals surface area (Å²) in [6.07, 6.45) is 0.994. The van der Waals surface area contributed by atoms with E-state index in [9.17, 15) is 18.0 Å². The number of carbonyl (C=O) groups excluding carboxylic acids is 2. The van der Waals surface area contributed by atoms with Gasteiger partial charge in [0.25, 0.3) is 0 Å². The number of ether oxygens (including phenoxy) is 2. The van der Waals surface area contributed by atoms with Gasteiger partial charge in [-0.3, -0.25) is 13.9 Å². The number of carbonyl (C=O) groups is 2. The van der Waals surface area contributed by atoms with E-state index in [2.05, 4.69) is 5.32 Å². The van der Waals surface area contributed by atoms with Crippen LogP contribution in [-0.4, -0.2) is 56.3 Å². The average Bonchev–Trinajstić information content (AvgIpc) is 3.46. The second-order valence-electron chi connectivity index (χ2n) is 10.5. The van der Waals surface area contributed by atoms with Crippen LogP contribution in [0.3, 0.4) is 0 Å². The molecule has 2 amide bonds. The van der Waals surface area contributed by atoms with Gasteiger partial charge in [-0.25, -0.2) is 8.42 Å². The maximum absolute atomic E-state index is 14.3. The van der Waals surface area contributed by atoms with Crippen LogP contribution in [0, 0.1) is 6.92 Å². The van der Waals surface area contributed by atoms with E-state index in [1.165, 1.54) is 11.8 Å². The first-order chi connectivity index (χ1) is 20.1. The summed E-state index contributed by atoms with van der Waals surface area (Å²) < 4.78 is 38.6. The number of hydrogen-bond acceptors (Lipinski definition) is 6. The van der Waals surface area contributed by atoms with Gasteiger partial charge >= 0.3 is 0 Å². The average molecular weight is 594 g/mol. The fraction of sp³-hybridized carbons (Fsp3) is 0.375. The molecule has 42 heavy (non-hydrogen) atoms. The molecule has 9 nitrogen and oxygen atoms in total. The molecule has 0 aromatic heterocycles. The predicted octanol–water partition coefficient (Wildman–Crippen LogP) is 4.43. The standard InChI is InChI=1S/C32H39N3O6S/c1-5-24(4)33-32(37)28(18-25-12-8-7-9-13-25)34(20-26-14-10-11-23(3)17-26)31(36)21-35(42(38,39)6-2)27-15-16-29-30(19-27)41-22-40-29/h7-17,19,24,28H,5-6,18,20-22H2,1-4H3,(H,33,37)/t24-,28-/m0/s1. The van der Waals surface area contributed by atoms with Crippen LogP contribution < -0.4 is 19.1 Å². The summed E-state index contributed by atoms with van der Waals surface area (Å²) in [4.78, 5) is 29.6. The van der Waals surface area contributed by atoms with Crippen molar-refractivity contribution in [2.45, 2.75) is 59.2 Å². The molecule has 10 heteroatoms. The first-order valence-electron chi connectivity index (χ1n) is 14.2. The Morgan fingerprint density at radius 2 is 1.64 bits per heavy atom. The summed E-state index contributed by atoms with van der Waals surface area (Å²) in [7, 11) is -3.88. The first-order valence-corrected chi connectivity index (χ1v) is 15.8. The summed E-state index contributed by atoms with van der Waals surface area (Å²) in [6.45, 7) is 7.07. The van der Waals surface area contributed by atoms with Gasteiger partial charge in [-0.2, -0.15) is 0 Å². The van der Waals surface area contributed by atoms with Gasteiger partial charge in [0, 0.05) is 25.1 Å². The third-order valence-electron chi connectivity index (χ3n) is 7.33. The van der Waals surface area contributed by atoms with Gasteiger partial charge in [-0.1, -0.05) is 67.1 Å². The molecule has 0 bridgehead atoms. The van der Waals surface area contributed by atoms with E-state index in [1.54, 1.807) is 18.2 Å². The molecular formula is C32H39N3O6S. The van der Waals surface area contributed by atoms with Crippen LogP contribution in [0.1, 0.15) is 43.9 Å². The van der Waals surface area contributed by atoms with Gasteiger partial charge in [-0.05, 0) is 50.5 Å². The number of amides is 2. The van der Waals surface area contributed by atoms with Gasteiger partial charge in [-0.15, -0.1) is 0 Å². The topological polar surface area (TPSA) is 105 Å². The molecule has 0 aliphatic carbocycles. The number of aryl methyl sites for hydroxylation is 1.